The topological polar surface area (TPSA) is 98.0 Å². The van der Waals surface area contributed by atoms with Crippen molar-refractivity contribution in [2.45, 2.75) is 76.1 Å². The molecule has 1 aliphatic rings. The minimum Gasteiger partial charge on any atom is -0.481 e. The molecule has 0 amide bonds. The smallest absolute Gasteiger partial charge is 0.303 e. The van der Waals surface area contributed by atoms with Crippen LogP contribution in [0.1, 0.15) is 68.8 Å². The molecule has 1 fully saturated rings. The number of carboxylic acids is 1. The molecule has 5 atom stereocenters. The highest BCUT2D eigenvalue weighted by Crippen LogP contribution is 2.41. The SMILES string of the molecule is O=C(O)CCCCCC[C@H]1[C@@H](O)CC(O)[C@@H]1CCC(O)c1cc2ccccc2s1. The van der Waals surface area contributed by atoms with Crippen LogP contribution in [0.2, 0.25) is 0 Å². The first kappa shape index (κ1) is 22.2. The summed E-state index contributed by atoms with van der Waals surface area (Å²) in [5.41, 5.74) is 0. The van der Waals surface area contributed by atoms with E-state index >= 15 is 0 Å². The summed E-state index contributed by atoms with van der Waals surface area (Å²) in [6.45, 7) is 0. The predicted octanol–water partition coefficient (Wildman–Crippen LogP) is 4.50. The number of rotatable bonds is 11. The van der Waals surface area contributed by atoms with Crippen molar-refractivity contribution >= 4 is 27.4 Å². The molecule has 0 aliphatic heterocycles. The number of benzene rings is 1. The van der Waals surface area contributed by atoms with Gasteiger partial charge in [0.1, 0.15) is 0 Å². The van der Waals surface area contributed by atoms with Gasteiger partial charge in [0, 0.05) is 16.0 Å². The number of carboxylic acid groups (broad SMARTS) is 1. The monoisotopic (exact) mass is 420 g/mol. The van der Waals surface area contributed by atoms with E-state index in [0.717, 1.165) is 35.9 Å². The molecule has 1 saturated carbocycles. The van der Waals surface area contributed by atoms with Crippen LogP contribution in [0.3, 0.4) is 0 Å². The fraction of sp³-hybridized carbons (Fsp3) is 0.609. The van der Waals surface area contributed by atoms with Crippen LogP contribution in [0.25, 0.3) is 10.1 Å². The number of thiophene rings is 1. The normalized spacial score (nSPS) is 25.5. The van der Waals surface area contributed by atoms with E-state index in [9.17, 15) is 20.1 Å². The maximum atomic E-state index is 10.7. The fourth-order valence-corrected chi connectivity index (χ4v) is 5.73. The predicted molar refractivity (Wildman–Crippen MR) is 115 cm³/mol. The highest BCUT2D eigenvalue weighted by molar-refractivity contribution is 7.19. The lowest BCUT2D eigenvalue weighted by atomic mass is 9.84. The Morgan fingerprint density at radius 2 is 1.72 bits per heavy atom. The molecule has 2 unspecified atom stereocenters. The van der Waals surface area contributed by atoms with Crippen molar-refractivity contribution in [3.63, 3.8) is 0 Å². The number of carbonyl (C=O) groups is 1. The summed E-state index contributed by atoms with van der Waals surface area (Å²) in [5.74, 6) is -0.691. The van der Waals surface area contributed by atoms with E-state index in [2.05, 4.69) is 6.07 Å². The lowest BCUT2D eigenvalue weighted by molar-refractivity contribution is -0.137. The molecule has 1 aromatic heterocycles. The van der Waals surface area contributed by atoms with Crippen molar-refractivity contribution in [3.8, 4) is 0 Å². The van der Waals surface area contributed by atoms with E-state index in [4.69, 9.17) is 5.11 Å². The summed E-state index contributed by atoms with van der Waals surface area (Å²) in [5, 5.41) is 41.3. The average Bonchev–Trinajstić information content (AvgIpc) is 3.23. The van der Waals surface area contributed by atoms with Gasteiger partial charge in [-0.15, -0.1) is 11.3 Å². The van der Waals surface area contributed by atoms with Gasteiger partial charge < -0.3 is 20.4 Å². The van der Waals surface area contributed by atoms with Gasteiger partial charge in [-0.3, -0.25) is 4.79 Å². The maximum Gasteiger partial charge on any atom is 0.303 e. The van der Waals surface area contributed by atoms with Crippen LogP contribution in [0.5, 0.6) is 0 Å². The molecule has 1 heterocycles. The number of aliphatic carboxylic acids is 1. The first-order valence-electron chi connectivity index (χ1n) is 10.7. The maximum absolute atomic E-state index is 10.7. The van der Waals surface area contributed by atoms with Gasteiger partial charge >= 0.3 is 5.97 Å². The Morgan fingerprint density at radius 1 is 1.03 bits per heavy atom. The summed E-state index contributed by atoms with van der Waals surface area (Å²) in [6, 6.07) is 10.1. The van der Waals surface area contributed by atoms with Gasteiger partial charge in [-0.05, 0) is 61.5 Å². The van der Waals surface area contributed by atoms with Crippen molar-refractivity contribution in [3.05, 3.63) is 35.2 Å². The number of fused-ring (bicyclic) bond motifs is 1. The van der Waals surface area contributed by atoms with Crippen molar-refractivity contribution < 1.29 is 25.2 Å². The molecule has 5 nitrogen and oxygen atoms in total. The Balaban J connectivity index is 1.48. The number of hydrogen-bond donors (Lipinski definition) is 4. The van der Waals surface area contributed by atoms with Gasteiger partial charge in [0.25, 0.3) is 0 Å². The highest BCUT2D eigenvalue weighted by atomic mass is 32.1. The van der Waals surface area contributed by atoms with Gasteiger partial charge in [-0.25, -0.2) is 0 Å². The van der Waals surface area contributed by atoms with E-state index in [0.29, 0.717) is 25.7 Å². The Kier molecular flexibility index (Phi) is 8.07. The van der Waals surface area contributed by atoms with Gasteiger partial charge in [-0.2, -0.15) is 0 Å². The molecule has 0 radical (unpaired) electrons. The van der Waals surface area contributed by atoms with Gasteiger partial charge in [0.05, 0.1) is 18.3 Å². The molecule has 4 N–H and O–H groups in total. The molecular formula is C23H32O5S. The van der Waals surface area contributed by atoms with Crippen LogP contribution >= 0.6 is 11.3 Å². The number of hydrogen-bond acceptors (Lipinski definition) is 5. The van der Waals surface area contributed by atoms with E-state index in [1.54, 1.807) is 11.3 Å². The highest BCUT2D eigenvalue weighted by Gasteiger charge is 2.40. The zero-order valence-corrected chi connectivity index (χ0v) is 17.6. The largest absolute Gasteiger partial charge is 0.481 e. The molecule has 0 spiro atoms. The van der Waals surface area contributed by atoms with Crippen LogP contribution in [0.15, 0.2) is 30.3 Å². The summed E-state index contributed by atoms with van der Waals surface area (Å²) < 4.78 is 1.17. The van der Waals surface area contributed by atoms with Crippen molar-refractivity contribution in [2.24, 2.45) is 11.8 Å². The lowest BCUT2D eigenvalue weighted by Crippen LogP contribution is -2.23. The molecule has 1 aromatic carbocycles. The molecule has 0 bridgehead atoms. The minimum absolute atomic E-state index is 0.00745. The van der Waals surface area contributed by atoms with Crippen molar-refractivity contribution in [2.75, 3.05) is 0 Å². The minimum atomic E-state index is -0.753. The van der Waals surface area contributed by atoms with Crippen LogP contribution in [0, 0.1) is 11.8 Å². The van der Waals surface area contributed by atoms with Crippen LogP contribution < -0.4 is 0 Å². The third-order valence-corrected chi connectivity index (χ3v) is 7.46. The Hall–Kier alpha value is -1.47. The third kappa shape index (κ3) is 6.01. The van der Waals surface area contributed by atoms with Crippen LogP contribution in [0.4, 0.5) is 0 Å². The van der Waals surface area contributed by atoms with Crippen molar-refractivity contribution in [1.29, 1.82) is 0 Å². The Bertz CT molecular complexity index is 755. The first-order chi connectivity index (χ1) is 14.0. The third-order valence-electron chi connectivity index (χ3n) is 6.25. The van der Waals surface area contributed by atoms with Crippen molar-refractivity contribution in [1.82, 2.24) is 0 Å². The molecule has 6 heteroatoms. The number of aliphatic hydroxyl groups is 3. The quantitative estimate of drug-likeness (QED) is 0.401. The zero-order chi connectivity index (χ0) is 20.8. The number of aliphatic hydroxyl groups excluding tert-OH is 3. The second-order valence-corrected chi connectivity index (χ2v) is 9.44. The molecule has 0 saturated heterocycles. The summed E-state index contributed by atoms with van der Waals surface area (Å²) >= 11 is 1.61. The van der Waals surface area contributed by atoms with E-state index in [1.165, 1.54) is 4.70 Å². The standard InChI is InChI=1S/C23H32O5S/c24-18(22-13-15-7-5-6-9-21(15)29-22)12-11-17-16(19(25)14-20(17)26)8-3-1-2-4-10-23(27)28/h5-7,9,13,16-20,24-26H,1-4,8,10-12,14H2,(H,27,28)/t16-,17-,18?,19+,20?/m1/s1. The van der Waals surface area contributed by atoms with Crippen LogP contribution in [-0.4, -0.2) is 38.6 Å². The molecule has 29 heavy (non-hydrogen) atoms. The average molecular weight is 421 g/mol. The number of unbranched alkanes of at least 4 members (excludes halogenated alkanes) is 3. The van der Waals surface area contributed by atoms with E-state index in [-0.39, 0.29) is 18.3 Å². The first-order valence-corrected chi connectivity index (χ1v) is 11.5. The summed E-state index contributed by atoms with van der Waals surface area (Å²) in [7, 11) is 0. The van der Waals surface area contributed by atoms with Gasteiger partial charge in [-0.1, -0.05) is 37.5 Å². The second-order valence-electron chi connectivity index (χ2n) is 8.32. The van der Waals surface area contributed by atoms with E-state index in [1.807, 2.05) is 24.3 Å². The van der Waals surface area contributed by atoms with Crippen LogP contribution in [-0.2, 0) is 4.79 Å². The van der Waals surface area contributed by atoms with Gasteiger partial charge in [0.15, 0.2) is 0 Å². The molecule has 160 valence electrons. The molecule has 3 rings (SSSR count). The van der Waals surface area contributed by atoms with E-state index < -0.39 is 24.3 Å². The Labute approximate surface area is 176 Å². The Morgan fingerprint density at radius 3 is 2.45 bits per heavy atom. The zero-order valence-electron chi connectivity index (χ0n) is 16.7. The fourth-order valence-electron chi connectivity index (χ4n) is 4.65. The molecule has 2 aromatic rings. The molecular weight excluding hydrogens is 388 g/mol. The molecule has 1 aliphatic carbocycles. The lowest BCUT2D eigenvalue weighted by Gasteiger charge is -2.24. The summed E-state index contributed by atoms with van der Waals surface area (Å²) in [4.78, 5) is 11.5. The summed E-state index contributed by atoms with van der Waals surface area (Å²) in [6.07, 6.45) is 4.64. The van der Waals surface area contributed by atoms with Gasteiger partial charge in [0.2, 0.25) is 0 Å². The second kappa shape index (κ2) is 10.5.